The Bertz CT molecular complexity index is 470. The Morgan fingerprint density at radius 2 is 1.75 bits per heavy atom. The molecule has 6 nitrogen and oxygen atoms in total. The quantitative estimate of drug-likeness (QED) is 0.781. The zero-order valence-corrected chi connectivity index (χ0v) is 14.7. The van der Waals surface area contributed by atoms with Crippen molar-refractivity contribution in [2.24, 2.45) is 0 Å². The molecule has 2 saturated heterocycles. The molecular weight excluding hydrogens is 320 g/mol. The molecule has 0 saturated carbocycles. The molecule has 138 valence electrons. The number of nitrogens with zero attached hydrogens (tertiary/aromatic N) is 3. The second-order valence-electron chi connectivity index (χ2n) is 7.48. The second kappa shape index (κ2) is 7.21. The molecule has 0 bridgehead atoms. The summed E-state index contributed by atoms with van der Waals surface area (Å²) in [4.78, 5) is 29.2. The van der Waals surface area contributed by atoms with Gasteiger partial charge in [-0.05, 0) is 20.8 Å². The van der Waals surface area contributed by atoms with Crippen molar-refractivity contribution in [1.29, 1.82) is 0 Å². The molecule has 0 radical (unpaired) electrons. The first kappa shape index (κ1) is 18.9. The molecule has 2 amide bonds. The van der Waals surface area contributed by atoms with Crippen molar-refractivity contribution >= 4 is 12.0 Å². The SMILES string of the molecule is CC(C)(C)OC(=O)N1CCN(CCN2CCC(F)(F)CC2)C(=O)C1. The van der Waals surface area contributed by atoms with Crippen LogP contribution < -0.4 is 0 Å². The third-order valence-corrected chi connectivity index (χ3v) is 4.24. The molecule has 0 aliphatic carbocycles. The number of hydrogen-bond acceptors (Lipinski definition) is 4. The Morgan fingerprint density at radius 3 is 2.29 bits per heavy atom. The molecule has 2 aliphatic rings. The van der Waals surface area contributed by atoms with E-state index in [1.54, 1.807) is 25.7 Å². The first-order valence-corrected chi connectivity index (χ1v) is 8.42. The van der Waals surface area contributed by atoms with Gasteiger partial charge in [-0.3, -0.25) is 9.69 Å². The van der Waals surface area contributed by atoms with Crippen LogP contribution in [0, 0.1) is 0 Å². The molecule has 0 aromatic rings. The van der Waals surface area contributed by atoms with Crippen LogP contribution in [0.2, 0.25) is 0 Å². The van der Waals surface area contributed by atoms with Gasteiger partial charge in [-0.15, -0.1) is 0 Å². The van der Waals surface area contributed by atoms with Gasteiger partial charge in [0.15, 0.2) is 0 Å². The number of ether oxygens (including phenoxy) is 1. The summed E-state index contributed by atoms with van der Waals surface area (Å²) in [6.07, 6.45) is -0.713. The largest absolute Gasteiger partial charge is 0.444 e. The van der Waals surface area contributed by atoms with Gasteiger partial charge in [0, 0.05) is 52.1 Å². The third kappa shape index (κ3) is 5.58. The number of hydrogen-bond donors (Lipinski definition) is 0. The first-order chi connectivity index (χ1) is 11.1. The predicted molar refractivity (Wildman–Crippen MR) is 85.0 cm³/mol. The average Bonchev–Trinajstić information content (AvgIpc) is 2.45. The fraction of sp³-hybridized carbons (Fsp3) is 0.875. The third-order valence-electron chi connectivity index (χ3n) is 4.24. The fourth-order valence-electron chi connectivity index (χ4n) is 2.79. The van der Waals surface area contributed by atoms with Crippen LogP contribution in [0.4, 0.5) is 13.6 Å². The lowest BCUT2D eigenvalue weighted by Crippen LogP contribution is -2.54. The van der Waals surface area contributed by atoms with Crippen molar-refractivity contribution in [3.05, 3.63) is 0 Å². The van der Waals surface area contributed by atoms with Crippen LogP contribution >= 0.6 is 0 Å². The highest BCUT2D eigenvalue weighted by molar-refractivity contribution is 5.83. The molecular formula is C16H27F2N3O3. The van der Waals surface area contributed by atoms with E-state index in [-0.39, 0.29) is 25.3 Å². The van der Waals surface area contributed by atoms with Crippen molar-refractivity contribution in [2.75, 3.05) is 45.8 Å². The Balaban J connectivity index is 1.74. The summed E-state index contributed by atoms with van der Waals surface area (Å²) in [6, 6.07) is 0. The first-order valence-electron chi connectivity index (χ1n) is 8.42. The lowest BCUT2D eigenvalue weighted by atomic mass is 10.1. The molecule has 8 heteroatoms. The maximum absolute atomic E-state index is 13.1. The van der Waals surface area contributed by atoms with Gasteiger partial charge < -0.3 is 14.5 Å². The number of likely N-dealkylation sites (tertiary alicyclic amines) is 1. The lowest BCUT2D eigenvalue weighted by molar-refractivity contribution is -0.136. The number of alkyl halides is 2. The molecule has 0 aromatic heterocycles. The molecule has 0 atom stereocenters. The van der Waals surface area contributed by atoms with Gasteiger partial charge in [-0.25, -0.2) is 13.6 Å². The van der Waals surface area contributed by atoms with E-state index in [1.165, 1.54) is 4.90 Å². The molecule has 24 heavy (non-hydrogen) atoms. The zero-order chi connectivity index (χ0) is 18.0. The van der Waals surface area contributed by atoms with Crippen LogP contribution in [-0.2, 0) is 9.53 Å². The number of amides is 2. The smallest absolute Gasteiger partial charge is 0.410 e. The maximum atomic E-state index is 13.1. The molecule has 0 N–H and O–H groups in total. The normalized spacial score (nSPS) is 22.6. The number of carbonyl (C=O) groups is 2. The van der Waals surface area contributed by atoms with E-state index < -0.39 is 17.6 Å². The summed E-state index contributed by atoms with van der Waals surface area (Å²) in [6.45, 7) is 8.05. The predicted octanol–water partition coefficient (Wildman–Crippen LogP) is 1.80. The summed E-state index contributed by atoms with van der Waals surface area (Å²) in [5.41, 5.74) is -0.590. The van der Waals surface area contributed by atoms with Crippen molar-refractivity contribution in [3.8, 4) is 0 Å². The summed E-state index contributed by atoms with van der Waals surface area (Å²) >= 11 is 0. The number of halogens is 2. The van der Waals surface area contributed by atoms with Crippen LogP contribution in [-0.4, -0.2) is 84.0 Å². The average molecular weight is 347 g/mol. The highest BCUT2D eigenvalue weighted by atomic mass is 19.3. The highest BCUT2D eigenvalue weighted by Crippen LogP contribution is 2.27. The Labute approximate surface area is 141 Å². The Morgan fingerprint density at radius 1 is 1.12 bits per heavy atom. The summed E-state index contributed by atoms with van der Waals surface area (Å²) in [7, 11) is 0. The minimum absolute atomic E-state index is 0.00693. The van der Waals surface area contributed by atoms with Gasteiger partial charge in [0.2, 0.25) is 5.91 Å². The van der Waals surface area contributed by atoms with Gasteiger partial charge in [-0.1, -0.05) is 0 Å². The van der Waals surface area contributed by atoms with Crippen molar-refractivity contribution in [2.45, 2.75) is 45.1 Å². The van der Waals surface area contributed by atoms with E-state index in [4.69, 9.17) is 4.74 Å². The minimum atomic E-state index is -2.55. The number of piperidine rings is 1. The van der Waals surface area contributed by atoms with Crippen molar-refractivity contribution in [1.82, 2.24) is 14.7 Å². The zero-order valence-electron chi connectivity index (χ0n) is 14.7. The van der Waals surface area contributed by atoms with E-state index in [9.17, 15) is 18.4 Å². The van der Waals surface area contributed by atoms with Crippen LogP contribution in [0.25, 0.3) is 0 Å². The number of rotatable bonds is 3. The van der Waals surface area contributed by atoms with Crippen molar-refractivity contribution in [3.63, 3.8) is 0 Å². The van der Waals surface area contributed by atoms with Crippen LogP contribution in [0.15, 0.2) is 0 Å². The fourth-order valence-corrected chi connectivity index (χ4v) is 2.79. The summed E-state index contributed by atoms with van der Waals surface area (Å²) in [5.74, 6) is -2.68. The van der Waals surface area contributed by atoms with E-state index in [2.05, 4.69) is 0 Å². The van der Waals surface area contributed by atoms with Gasteiger partial charge in [0.1, 0.15) is 12.1 Å². The molecule has 2 aliphatic heterocycles. The van der Waals surface area contributed by atoms with Gasteiger partial charge >= 0.3 is 6.09 Å². The lowest BCUT2D eigenvalue weighted by Gasteiger charge is -2.37. The standard InChI is InChI=1S/C16H27F2N3O3/c1-15(2,3)24-14(23)21-11-10-20(13(22)12-21)9-8-19-6-4-16(17,18)5-7-19/h4-12H2,1-3H3. The molecule has 2 heterocycles. The van der Waals surface area contributed by atoms with Crippen LogP contribution in [0.3, 0.4) is 0 Å². The van der Waals surface area contributed by atoms with E-state index in [1.807, 2.05) is 4.90 Å². The van der Waals surface area contributed by atoms with Crippen LogP contribution in [0.1, 0.15) is 33.6 Å². The molecule has 2 fully saturated rings. The minimum Gasteiger partial charge on any atom is -0.444 e. The Kier molecular flexibility index (Phi) is 5.67. The van der Waals surface area contributed by atoms with E-state index in [0.29, 0.717) is 39.3 Å². The van der Waals surface area contributed by atoms with Crippen molar-refractivity contribution < 1.29 is 23.1 Å². The van der Waals surface area contributed by atoms with E-state index >= 15 is 0 Å². The number of carbonyl (C=O) groups excluding carboxylic acids is 2. The summed E-state index contributed by atoms with van der Waals surface area (Å²) < 4.78 is 31.5. The number of piperazine rings is 1. The van der Waals surface area contributed by atoms with E-state index in [0.717, 1.165) is 0 Å². The topological polar surface area (TPSA) is 53.1 Å². The van der Waals surface area contributed by atoms with Gasteiger partial charge in [0.05, 0.1) is 0 Å². The second-order valence-corrected chi connectivity index (χ2v) is 7.48. The monoisotopic (exact) mass is 347 g/mol. The Hall–Kier alpha value is -1.44. The maximum Gasteiger partial charge on any atom is 0.410 e. The summed E-state index contributed by atoms with van der Waals surface area (Å²) in [5, 5.41) is 0. The molecule has 0 unspecified atom stereocenters. The van der Waals surface area contributed by atoms with Gasteiger partial charge in [-0.2, -0.15) is 0 Å². The molecule has 0 spiro atoms. The van der Waals surface area contributed by atoms with Crippen LogP contribution in [0.5, 0.6) is 0 Å². The highest BCUT2D eigenvalue weighted by Gasteiger charge is 2.34. The molecule has 0 aromatic carbocycles. The molecule has 2 rings (SSSR count). The van der Waals surface area contributed by atoms with Gasteiger partial charge in [0.25, 0.3) is 5.92 Å².